The van der Waals surface area contributed by atoms with Gasteiger partial charge in [-0.05, 0) is 19.9 Å². The Labute approximate surface area is 112 Å². The molecule has 0 aliphatic rings. The minimum atomic E-state index is 0.417. The maximum Gasteiger partial charge on any atom is 0.157 e. The highest BCUT2D eigenvalue weighted by atomic mass is 16.5. The van der Waals surface area contributed by atoms with Crippen LogP contribution in [0.4, 0.5) is 5.82 Å². The highest BCUT2D eigenvalue weighted by Gasteiger charge is 2.09. The first-order chi connectivity index (χ1) is 9.24. The first-order valence-corrected chi connectivity index (χ1v) is 6.42. The Morgan fingerprint density at radius 2 is 2.16 bits per heavy atom. The van der Waals surface area contributed by atoms with Crippen molar-refractivity contribution in [3.05, 3.63) is 24.2 Å². The molecule has 0 amide bonds. The van der Waals surface area contributed by atoms with Crippen LogP contribution in [0.2, 0.25) is 0 Å². The van der Waals surface area contributed by atoms with Crippen LogP contribution in [0.1, 0.15) is 19.7 Å². The number of hydrogen-bond donors (Lipinski definition) is 1. The van der Waals surface area contributed by atoms with Crippen molar-refractivity contribution >= 4 is 5.82 Å². The van der Waals surface area contributed by atoms with Gasteiger partial charge in [-0.3, -0.25) is 4.68 Å². The molecule has 1 N–H and O–H groups in total. The summed E-state index contributed by atoms with van der Waals surface area (Å²) in [5.41, 5.74) is 1.81. The van der Waals surface area contributed by atoms with Gasteiger partial charge >= 0.3 is 0 Å². The van der Waals surface area contributed by atoms with Crippen LogP contribution in [0.15, 0.2) is 18.3 Å². The van der Waals surface area contributed by atoms with E-state index in [4.69, 9.17) is 4.74 Å². The van der Waals surface area contributed by atoms with E-state index in [1.54, 1.807) is 10.9 Å². The van der Waals surface area contributed by atoms with Gasteiger partial charge in [-0.2, -0.15) is 5.10 Å². The molecule has 0 aliphatic heterocycles. The molecule has 6 nitrogen and oxygen atoms in total. The van der Waals surface area contributed by atoms with Gasteiger partial charge < -0.3 is 10.1 Å². The standard InChI is InChI=1S/C13H19N5O/c1-4-14-12-8-10(11-6-7-15-18(11)3)16-13(17-12)9-19-5-2/h6-8H,4-5,9H2,1-3H3,(H,14,16,17). The third kappa shape index (κ3) is 3.29. The molecule has 2 aromatic heterocycles. The second kappa shape index (κ2) is 6.29. The Morgan fingerprint density at radius 1 is 1.32 bits per heavy atom. The molecular formula is C13H19N5O. The summed E-state index contributed by atoms with van der Waals surface area (Å²) >= 11 is 0. The summed E-state index contributed by atoms with van der Waals surface area (Å²) in [4.78, 5) is 8.94. The molecule has 0 unspecified atom stereocenters. The summed E-state index contributed by atoms with van der Waals surface area (Å²) in [7, 11) is 1.90. The van der Waals surface area contributed by atoms with Crippen molar-refractivity contribution in [1.82, 2.24) is 19.7 Å². The summed E-state index contributed by atoms with van der Waals surface area (Å²) in [5.74, 6) is 1.49. The van der Waals surface area contributed by atoms with Crippen LogP contribution in [0.3, 0.4) is 0 Å². The largest absolute Gasteiger partial charge is 0.374 e. The molecule has 0 fully saturated rings. The smallest absolute Gasteiger partial charge is 0.157 e. The number of rotatable bonds is 6. The second-order valence-electron chi connectivity index (χ2n) is 4.06. The van der Waals surface area contributed by atoms with Gasteiger partial charge in [0.15, 0.2) is 5.82 Å². The van der Waals surface area contributed by atoms with Gasteiger partial charge in [0.05, 0.1) is 11.4 Å². The van der Waals surface area contributed by atoms with Crippen LogP contribution in [-0.2, 0) is 18.4 Å². The van der Waals surface area contributed by atoms with Crippen molar-refractivity contribution in [3.8, 4) is 11.4 Å². The molecule has 2 aromatic rings. The second-order valence-corrected chi connectivity index (χ2v) is 4.06. The van der Waals surface area contributed by atoms with Crippen LogP contribution in [0, 0.1) is 0 Å². The predicted octanol–water partition coefficient (Wildman–Crippen LogP) is 1.85. The fourth-order valence-corrected chi connectivity index (χ4v) is 1.78. The molecule has 19 heavy (non-hydrogen) atoms. The Hall–Kier alpha value is -1.95. The molecular weight excluding hydrogens is 242 g/mol. The lowest BCUT2D eigenvalue weighted by molar-refractivity contribution is 0.128. The van der Waals surface area contributed by atoms with Crippen LogP contribution in [0.5, 0.6) is 0 Å². The number of anilines is 1. The number of nitrogens with one attached hydrogen (secondary N) is 1. The summed E-state index contributed by atoms with van der Waals surface area (Å²) in [6.45, 7) is 5.87. The predicted molar refractivity (Wildman–Crippen MR) is 73.7 cm³/mol. The maximum atomic E-state index is 5.38. The molecule has 0 radical (unpaired) electrons. The van der Waals surface area contributed by atoms with Crippen LogP contribution < -0.4 is 5.32 Å². The van der Waals surface area contributed by atoms with Gasteiger partial charge in [-0.25, -0.2) is 9.97 Å². The van der Waals surface area contributed by atoms with E-state index in [0.717, 1.165) is 23.8 Å². The quantitative estimate of drug-likeness (QED) is 0.859. The van der Waals surface area contributed by atoms with E-state index in [1.807, 2.05) is 33.0 Å². The number of hydrogen-bond acceptors (Lipinski definition) is 5. The highest BCUT2D eigenvalue weighted by Crippen LogP contribution is 2.19. The number of aromatic nitrogens is 4. The zero-order valence-corrected chi connectivity index (χ0v) is 11.6. The molecule has 0 aromatic carbocycles. The third-order valence-electron chi connectivity index (χ3n) is 2.65. The lowest BCUT2D eigenvalue weighted by atomic mass is 10.3. The zero-order valence-electron chi connectivity index (χ0n) is 11.6. The van der Waals surface area contributed by atoms with E-state index in [1.165, 1.54) is 0 Å². The van der Waals surface area contributed by atoms with Crippen LogP contribution in [-0.4, -0.2) is 32.9 Å². The summed E-state index contributed by atoms with van der Waals surface area (Å²) in [6.07, 6.45) is 1.76. The first-order valence-electron chi connectivity index (χ1n) is 6.42. The normalized spacial score (nSPS) is 10.7. The minimum Gasteiger partial charge on any atom is -0.374 e. The fourth-order valence-electron chi connectivity index (χ4n) is 1.78. The molecule has 0 atom stereocenters. The average molecular weight is 261 g/mol. The van der Waals surface area contributed by atoms with Crippen molar-refractivity contribution in [2.45, 2.75) is 20.5 Å². The Morgan fingerprint density at radius 3 is 2.79 bits per heavy atom. The molecule has 0 bridgehead atoms. The molecule has 0 saturated heterocycles. The molecule has 0 saturated carbocycles. The van der Waals surface area contributed by atoms with Crippen LogP contribution >= 0.6 is 0 Å². The van der Waals surface area contributed by atoms with E-state index in [2.05, 4.69) is 20.4 Å². The monoisotopic (exact) mass is 261 g/mol. The van der Waals surface area contributed by atoms with Crippen molar-refractivity contribution in [2.75, 3.05) is 18.5 Å². The van der Waals surface area contributed by atoms with E-state index < -0.39 is 0 Å². The molecule has 2 heterocycles. The first kappa shape index (κ1) is 13.5. The molecule has 0 aliphatic carbocycles. The maximum absolute atomic E-state index is 5.38. The lowest BCUT2D eigenvalue weighted by Gasteiger charge is -2.09. The zero-order chi connectivity index (χ0) is 13.7. The molecule has 6 heteroatoms. The molecule has 0 spiro atoms. The lowest BCUT2D eigenvalue weighted by Crippen LogP contribution is -2.07. The Bertz CT molecular complexity index is 538. The number of aryl methyl sites for hydroxylation is 1. The van der Waals surface area contributed by atoms with E-state index in [0.29, 0.717) is 19.0 Å². The van der Waals surface area contributed by atoms with Crippen molar-refractivity contribution in [2.24, 2.45) is 7.05 Å². The average Bonchev–Trinajstić information content (AvgIpc) is 2.83. The highest BCUT2D eigenvalue weighted by molar-refractivity contribution is 5.58. The summed E-state index contributed by atoms with van der Waals surface area (Å²) < 4.78 is 7.17. The van der Waals surface area contributed by atoms with E-state index >= 15 is 0 Å². The summed E-state index contributed by atoms with van der Waals surface area (Å²) in [5, 5.41) is 7.37. The van der Waals surface area contributed by atoms with Crippen LogP contribution in [0.25, 0.3) is 11.4 Å². The Balaban J connectivity index is 2.36. The van der Waals surface area contributed by atoms with Gasteiger partial charge in [0, 0.05) is 32.5 Å². The topological polar surface area (TPSA) is 64.9 Å². The van der Waals surface area contributed by atoms with Gasteiger partial charge in [-0.1, -0.05) is 0 Å². The minimum absolute atomic E-state index is 0.417. The SMILES string of the molecule is CCNc1cc(-c2ccnn2C)nc(COCC)n1. The third-order valence-corrected chi connectivity index (χ3v) is 2.65. The van der Waals surface area contributed by atoms with Crippen molar-refractivity contribution in [3.63, 3.8) is 0 Å². The number of ether oxygens (including phenoxy) is 1. The van der Waals surface area contributed by atoms with E-state index in [-0.39, 0.29) is 0 Å². The fraction of sp³-hybridized carbons (Fsp3) is 0.462. The van der Waals surface area contributed by atoms with Gasteiger partial charge in [-0.15, -0.1) is 0 Å². The van der Waals surface area contributed by atoms with Gasteiger partial charge in [0.2, 0.25) is 0 Å². The van der Waals surface area contributed by atoms with E-state index in [9.17, 15) is 0 Å². The molecule has 102 valence electrons. The number of nitrogens with zero attached hydrogens (tertiary/aromatic N) is 4. The van der Waals surface area contributed by atoms with Crippen molar-refractivity contribution < 1.29 is 4.74 Å². The summed E-state index contributed by atoms with van der Waals surface area (Å²) in [6, 6.07) is 3.86. The Kier molecular flexibility index (Phi) is 4.46. The molecule has 2 rings (SSSR count). The van der Waals surface area contributed by atoms with Gasteiger partial charge in [0.1, 0.15) is 12.4 Å². The van der Waals surface area contributed by atoms with Crippen molar-refractivity contribution in [1.29, 1.82) is 0 Å². The van der Waals surface area contributed by atoms with Gasteiger partial charge in [0.25, 0.3) is 0 Å².